The first-order valence-corrected chi connectivity index (χ1v) is 11.2. The normalized spacial score (nSPS) is 10.4. The van der Waals surface area contributed by atoms with Gasteiger partial charge >= 0.3 is 5.97 Å². The molecule has 7 heteroatoms. The number of nitrogens with one attached hydrogen (secondary N) is 2. The van der Waals surface area contributed by atoms with Gasteiger partial charge < -0.3 is 15.4 Å². The molecule has 0 spiro atoms. The van der Waals surface area contributed by atoms with Crippen molar-refractivity contribution in [3.05, 3.63) is 70.6 Å². The van der Waals surface area contributed by atoms with Crippen LogP contribution in [0.15, 0.2) is 64.4 Å². The van der Waals surface area contributed by atoms with E-state index >= 15 is 0 Å². The molecule has 0 atom stereocenters. The topological polar surface area (TPSA) is 50.4 Å². The van der Waals surface area contributed by atoms with Gasteiger partial charge in [0.2, 0.25) is 0 Å². The maximum absolute atomic E-state index is 12.3. The van der Waals surface area contributed by atoms with Gasteiger partial charge in [0.05, 0.1) is 18.4 Å². The van der Waals surface area contributed by atoms with Crippen molar-refractivity contribution in [1.82, 2.24) is 0 Å². The summed E-state index contributed by atoms with van der Waals surface area (Å²) in [4.78, 5) is 15.6. The molecule has 0 bridgehead atoms. The van der Waals surface area contributed by atoms with E-state index in [1.807, 2.05) is 56.3 Å². The zero-order valence-electron chi connectivity index (χ0n) is 16.4. The van der Waals surface area contributed by atoms with Crippen molar-refractivity contribution in [3.8, 4) is 0 Å². The number of esters is 1. The molecular weight excluding hydrogens is 420 g/mol. The summed E-state index contributed by atoms with van der Waals surface area (Å²) in [7, 11) is 1.40. The van der Waals surface area contributed by atoms with E-state index in [2.05, 4.69) is 22.8 Å². The number of hydrogen-bond acceptors (Lipinski definition) is 5. The molecule has 150 valence electrons. The van der Waals surface area contributed by atoms with Crippen LogP contribution in [0.25, 0.3) is 0 Å². The lowest BCUT2D eigenvalue weighted by Gasteiger charge is -2.14. The quantitative estimate of drug-likeness (QED) is 0.342. The number of thiophene rings is 1. The van der Waals surface area contributed by atoms with Crippen molar-refractivity contribution >= 4 is 57.1 Å². The molecular formula is C22H22N2O2S3. The number of benzene rings is 2. The summed E-state index contributed by atoms with van der Waals surface area (Å²) in [5.41, 5.74) is 2.46. The van der Waals surface area contributed by atoms with Crippen LogP contribution in [-0.2, 0) is 11.2 Å². The number of carbonyl (C=O) groups is 1. The number of rotatable bonds is 6. The lowest BCUT2D eigenvalue weighted by molar-refractivity contribution is 0.0601. The molecule has 0 unspecified atom stereocenters. The molecule has 2 N–H and O–H groups in total. The van der Waals surface area contributed by atoms with Crippen LogP contribution in [0, 0.1) is 6.92 Å². The Morgan fingerprint density at radius 3 is 2.48 bits per heavy atom. The highest BCUT2D eigenvalue weighted by atomic mass is 32.2. The fraction of sp³-hybridized carbons (Fsp3) is 0.182. The molecule has 0 aliphatic carbocycles. The van der Waals surface area contributed by atoms with Crippen LogP contribution < -0.4 is 10.6 Å². The number of para-hydroxylation sites is 1. The predicted molar refractivity (Wildman–Crippen MR) is 127 cm³/mol. The van der Waals surface area contributed by atoms with Crippen molar-refractivity contribution in [3.63, 3.8) is 0 Å². The van der Waals surface area contributed by atoms with Crippen LogP contribution in [0.5, 0.6) is 0 Å². The van der Waals surface area contributed by atoms with Gasteiger partial charge in [-0.2, -0.15) is 0 Å². The summed E-state index contributed by atoms with van der Waals surface area (Å²) in [5.74, 6) is -0.350. The number of methoxy groups -OCH3 is 1. The van der Waals surface area contributed by atoms with Gasteiger partial charge in [-0.3, -0.25) is 0 Å². The molecule has 0 saturated carbocycles. The van der Waals surface area contributed by atoms with E-state index < -0.39 is 0 Å². The first-order chi connectivity index (χ1) is 14.0. The maximum atomic E-state index is 12.3. The zero-order chi connectivity index (χ0) is 20.8. The van der Waals surface area contributed by atoms with Gasteiger partial charge in [-0.05, 0) is 55.4 Å². The lowest BCUT2D eigenvalue weighted by atomic mass is 10.1. The Kier molecular flexibility index (Phi) is 7.30. The molecule has 0 fully saturated rings. The largest absolute Gasteiger partial charge is 0.465 e. The SMILES string of the molecule is CCc1c(C)sc(NC(=S)Nc2ccccc2Sc2ccccc2)c1C(=O)OC. The standard InChI is InChI=1S/C22H22N2O2S3/c1-4-16-14(2)28-20(19(16)21(25)26-3)24-22(27)23-17-12-8-9-13-18(17)29-15-10-6-5-7-11-15/h5-13H,4H2,1-3H3,(H2,23,24,27). The molecule has 0 aliphatic rings. The molecule has 3 aromatic rings. The van der Waals surface area contributed by atoms with Gasteiger partial charge in [-0.1, -0.05) is 49.0 Å². The summed E-state index contributed by atoms with van der Waals surface area (Å²) in [6.45, 7) is 4.03. The number of anilines is 2. The van der Waals surface area contributed by atoms with Crippen LogP contribution in [0.1, 0.15) is 27.7 Å². The third-order valence-electron chi connectivity index (χ3n) is 4.29. The third-order valence-corrected chi connectivity index (χ3v) is 6.64. The van der Waals surface area contributed by atoms with Crippen molar-refractivity contribution in [2.24, 2.45) is 0 Å². The van der Waals surface area contributed by atoms with Gasteiger partial charge in [0.1, 0.15) is 5.00 Å². The molecule has 0 saturated heterocycles. The minimum absolute atomic E-state index is 0.350. The number of thiocarbonyl (C=S) groups is 1. The molecule has 0 aliphatic heterocycles. The Morgan fingerprint density at radius 1 is 1.10 bits per heavy atom. The summed E-state index contributed by atoms with van der Waals surface area (Å²) in [6.07, 6.45) is 0.755. The summed E-state index contributed by atoms with van der Waals surface area (Å²) < 4.78 is 4.98. The maximum Gasteiger partial charge on any atom is 0.341 e. The summed E-state index contributed by atoms with van der Waals surface area (Å²) in [6, 6.07) is 18.2. The smallest absolute Gasteiger partial charge is 0.341 e. The second-order valence-corrected chi connectivity index (χ2v) is 8.92. The Balaban J connectivity index is 1.80. The highest BCUT2D eigenvalue weighted by Crippen LogP contribution is 2.35. The lowest BCUT2D eigenvalue weighted by Crippen LogP contribution is -2.20. The van der Waals surface area contributed by atoms with E-state index in [9.17, 15) is 4.79 Å². The van der Waals surface area contributed by atoms with Gasteiger partial charge in [0.15, 0.2) is 5.11 Å². The molecule has 3 rings (SSSR count). The van der Waals surface area contributed by atoms with Crippen molar-refractivity contribution in [1.29, 1.82) is 0 Å². The van der Waals surface area contributed by atoms with Crippen molar-refractivity contribution < 1.29 is 9.53 Å². The Hall–Kier alpha value is -2.35. The molecule has 1 heterocycles. The second kappa shape index (κ2) is 9.91. The highest BCUT2D eigenvalue weighted by Gasteiger charge is 2.22. The fourth-order valence-electron chi connectivity index (χ4n) is 2.94. The number of hydrogen-bond donors (Lipinski definition) is 2. The van der Waals surface area contributed by atoms with Crippen LogP contribution in [-0.4, -0.2) is 18.2 Å². The van der Waals surface area contributed by atoms with Gasteiger partial charge in [0, 0.05) is 14.7 Å². The van der Waals surface area contributed by atoms with Crippen molar-refractivity contribution in [2.45, 2.75) is 30.1 Å². The summed E-state index contributed by atoms with van der Waals surface area (Å²) >= 11 is 8.71. The minimum Gasteiger partial charge on any atom is -0.465 e. The Labute approximate surface area is 184 Å². The van der Waals surface area contributed by atoms with Crippen LogP contribution in [0.4, 0.5) is 10.7 Å². The number of carbonyl (C=O) groups excluding carboxylic acids is 1. The van der Waals surface area contributed by atoms with Gasteiger partial charge in [-0.25, -0.2) is 4.79 Å². The van der Waals surface area contributed by atoms with E-state index in [4.69, 9.17) is 17.0 Å². The zero-order valence-corrected chi connectivity index (χ0v) is 18.9. The van der Waals surface area contributed by atoms with Crippen LogP contribution in [0.2, 0.25) is 0 Å². The molecule has 4 nitrogen and oxygen atoms in total. The molecule has 0 radical (unpaired) electrons. The molecule has 1 aromatic heterocycles. The number of ether oxygens (including phenoxy) is 1. The first kappa shape index (κ1) is 21.4. The number of aryl methyl sites for hydroxylation is 1. The first-order valence-electron chi connectivity index (χ1n) is 9.14. The second-order valence-electron chi connectivity index (χ2n) is 6.18. The van der Waals surface area contributed by atoms with Crippen molar-refractivity contribution in [2.75, 3.05) is 17.7 Å². The van der Waals surface area contributed by atoms with E-state index in [1.165, 1.54) is 18.4 Å². The van der Waals surface area contributed by atoms with Gasteiger partial charge in [-0.15, -0.1) is 11.3 Å². The van der Waals surface area contributed by atoms with E-state index in [-0.39, 0.29) is 5.97 Å². The molecule has 0 amide bonds. The Bertz CT molecular complexity index is 1020. The highest BCUT2D eigenvalue weighted by molar-refractivity contribution is 7.99. The predicted octanol–water partition coefficient (Wildman–Crippen LogP) is 6.37. The third kappa shape index (κ3) is 5.18. The molecule has 2 aromatic carbocycles. The van der Waals surface area contributed by atoms with Gasteiger partial charge in [0.25, 0.3) is 0 Å². The van der Waals surface area contributed by atoms with Crippen LogP contribution in [0.3, 0.4) is 0 Å². The van der Waals surface area contributed by atoms with E-state index in [0.29, 0.717) is 15.7 Å². The monoisotopic (exact) mass is 442 g/mol. The van der Waals surface area contributed by atoms with Crippen LogP contribution >= 0.6 is 35.3 Å². The summed E-state index contributed by atoms with van der Waals surface area (Å²) in [5, 5.41) is 7.59. The Morgan fingerprint density at radius 2 is 1.79 bits per heavy atom. The van der Waals surface area contributed by atoms with E-state index in [0.717, 1.165) is 32.3 Å². The molecule has 29 heavy (non-hydrogen) atoms. The average Bonchev–Trinajstić information content (AvgIpc) is 3.04. The average molecular weight is 443 g/mol. The fourth-order valence-corrected chi connectivity index (χ4v) is 5.28. The minimum atomic E-state index is -0.350. The van der Waals surface area contributed by atoms with E-state index in [1.54, 1.807) is 11.8 Å².